The van der Waals surface area contributed by atoms with Gasteiger partial charge < -0.3 is 16.8 Å². The summed E-state index contributed by atoms with van der Waals surface area (Å²) in [6.45, 7) is 4.52. The van der Waals surface area contributed by atoms with Crippen LogP contribution >= 0.6 is 48.0 Å². The Morgan fingerprint density at radius 2 is 1.91 bits per heavy atom. The van der Waals surface area contributed by atoms with E-state index in [1.807, 2.05) is 24.0 Å². The van der Waals surface area contributed by atoms with Crippen molar-refractivity contribution in [2.45, 2.75) is 45.3 Å². The minimum Gasteiger partial charge on any atom is -0.384 e. The lowest BCUT2D eigenvalue weighted by atomic mass is 9.96. The van der Waals surface area contributed by atoms with Crippen molar-refractivity contribution in [3.8, 4) is 0 Å². The second kappa shape index (κ2) is 12.6. The fourth-order valence-electron chi connectivity index (χ4n) is 4.09. The van der Waals surface area contributed by atoms with Gasteiger partial charge in [-0.1, -0.05) is 29.3 Å². The number of benzene rings is 1. The molecule has 2 unspecified atom stereocenters. The summed E-state index contributed by atoms with van der Waals surface area (Å²) in [6.07, 6.45) is 1.22. The monoisotopic (exact) mass is 535 g/mol. The van der Waals surface area contributed by atoms with Crippen LogP contribution in [0.25, 0.3) is 0 Å². The number of primary amides is 1. The molecule has 2 heterocycles. The fourth-order valence-corrected chi connectivity index (χ4v) is 4.48. The first-order chi connectivity index (χ1) is 14.7. The van der Waals surface area contributed by atoms with Gasteiger partial charge in [-0.3, -0.25) is 14.5 Å². The van der Waals surface area contributed by atoms with Gasteiger partial charge in [0.1, 0.15) is 5.82 Å². The fraction of sp³-hybridized carbons (Fsp3) is 0.409. The Balaban J connectivity index is 0.00000272. The molecule has 1 aromatic heterocycles. The molecule has 3 rings (SSSR count). The predicted molar refractivity (Wildman–Crippen MR) is 137 cm³/mol. The maximum Gasteiger partial charge on any atom is 0.237 e. The molecule has 0 spiro atoms. The number of halogens is 4. The van der Waals surface area contributed by atoms with Gasteiger partial charge in [0.05, 0.1) is 12.1 Å². The third kappa shape index (κ3) is 7.36. The van der Waals surface area contributed by atoms with Crippen LogP contribution in [-0.2, 0) is 22.6 Å². The maximum atomic E-state index is 12.8. The highest BCUT2D eigenvalue weighted by molar-refractivity contribution is 6.33. The molecule has 0 saturated carbocycles. The highest BCUT2D eigenvalue weighted by Crippen LogP contribution is 2.31. The number of anilines is 1. The number of nitrogen functional groups attached to an aromatic ring is 1. The second-order valence-corrected chi connectivity index (χ2v) is 8.87. The van der Waals surface area contributed by atoms with Gasteiger partial charge in [-0.05, 0) is 68.0 Å². The Morgan fingerprint density at radius 3 is 2.55 bits per heavy atom. The molecule has 3 atom stereocenters. The minimum absolute atomic E-state index is 0. The van der Waals surface area contributed by atoms with Crippen molar-refractivity contribution in [2.75, 3.05) is 12.3 Å². The summed E-state index contributed by atoms with van der Waals surface area (Å²) < 4.78 is 0. The Kier molecular flexibility index (Phi) is 11.2. The average molecular weight is 537 g/mol. The van der Waals surface area contributed by atoms with Gasteiger partial charge >= 0.3 is 0 Å². The first-order valence-corrected chi connectivity index (χ1v) is 10.9. The molecule has 0 radical (unpaired) electrons. The summed E-state index contributed by atoms with van der Waals surface area (Å²) in [5.74, 6) is -0.0396. The normalized spacial score (nSPS) is 18.7. The molecule has 33 heavy (non-hydrogen) atoms. The highest BCUT2D eigenvalue weighted by Gasteiger charge is 2.40. The third-order valence-corrected chi connectivity index (χ3v) is 6.42. The van der Waals surface area contributed by atoms with Gasteiger partial charge in [0.15, 0.2) is 0 Å². The molecular formula is C22H29Cl4N5O2. The molecule has 1 aromatic carbocycles. The van der Waals surface area contributed by atoms with Crippen LogP contribution in [0.5, 0.6) is 0 Å². The van der Waals surface area contributed by atoms with E-state index in [9.17, 15) is 9.59 Å². The highest BCUT2D eigenvalue weighted by atomic mass is 35.5. The zero-order chi connectivity index (χ0) is 22.7. The Labute approximate surface area is 216 Å². The molecule has 1 aliphatic heterocycles. The number of carbonyl (C=O) groups is 2. The summed E-state index contributed by atoms with van der Waals surface area (Å²) in [5, 5.41) is 4.17. The lowest BCUT2D eigenvalue weighted by Crippen LogP contribution is -2.51. The van der Waals surface area contributed by atoms with E-state index in [0.717, 1.165) is 16.8 Å². The number of carbonyl (C=O) groups excluding carboxylic acids is 2. The average Bonchev–Trinajstić information content (AvgIpc) is 3.13. The van der Waals surface area contributed by atoms with Gasteiger partial charge in [0.25, 0.3) is 0 Å². The second-order valence-electron chi connectivity index (χ2n) is 8.03. The smallest absolute Gasteiger partial charge is 0.237 e. The van der Waals surface area contributed by atoms with Crippen LogP contribution in [-0.4, -0.2) is 40.3 Å². The Morgan fingerprint density at radius 1 is 1.21 bits per heavy atom. The number of likely N-dealkylation sites (tertiary alicyclic amines) is 1. The standard InChI is InChI=1S/C22H27Cl2N5O2.2ClH/c1-12-15(3-6-20(25)28-12)10-27-22(31)13(2)29-11-14(8-19(29)21(26)30)7-16-9-17(23)4-5-18(16)24;;/h3-6,9,13-14,19H,7-8,10-11H2,1-2H3,(H2,25,28)(H2,26,30)(H,27,31);2*1H/t13-,14?,19?;;/m0../s1. The molecule has 182 valence electrons. The molecule has 5 N–H and O–H groups in total. The van der Waals surface area contributed by atoms with Crippen LogP contribution in [0.3, 0.4) is 0 Å². The largest absolute Gasteiger partial charge is 0.384 e. The van der Waals surface area contributed by atoms with Crippen LogP contribution in [0.15, 0.2) is 30.3 Å². The van der Waals surface area contributed by atoms with Crippen molar-refractivity contribution in [3.05, 3.63) is 57.2 Å². The number of nitrogens with two attached hydrogens (primary N) is 2. The van der Waals surface area contributed by atoms with Gasteiger partial charge in [-0.25, -0.2) is 4.98 Å². The summed E-state index contributed by atoms with van der Waals surface area (Å²) in [5.41, 5.74) is 13.9. The summed E-state index contributed by atoms with van der Waals surface area (Å²) >= 11 is 12.4. The summed E-state index contributed by atoms with van der Waals surface area (Å²) in [6, 6.07) is 7.86. The van der Waals surface area contributed by atoms with E-state index in [1.165, 1.54) is 0 Å². The predicted octanol–water partition coefficient (Wildman–Crippen LogP) is 3.55. The molecule has 1 fully saturated rings. The van der Waals surface area contributed by atoms with Crippen LogP contribution in [0, 0.1) is 12.8 Å². The van der Waals surface area contributed by atoms with E-state index < -0.39 is 18.0 Å². The van der Waals surface area contributed by atoms with Crippen molar-refractivity contribution in [2.24, 2.45) is 11.7 Å². The van der Waals surface area contributed by atoms with Crippen molar-refractivity contribution in [1.29, 1.82) is 0 Å². The van der Waals surface area contributed by atoms with Crippen molar-refractivity contribution in [1.82, 2.24) is 15.2 Å². The number of amides is 2. The lowest BCUT2D eigenvalue weighted by Gasteiger charge is -2.28. The van der Waals surface area contributed by atoms with Gasteiger partial charge in [-0.15, -0.1) is 24.8 Å². The molecule has 11 heteroatoms. The van der Waals surface area contributed by atoms with Gasteiger partial charge in [-0.2, -0.15) is 0 Å². The SMILES string of the molecule is Cc1nc(N)ccc1CNC(=O)[C@H](C)N1CC(Cc2cc(Cl)ccc2Cl)CC1C(N)=O.Cl.Cl. The van der Waals surface area contributed by atoms with E-state index in [1.54, 1.807) is 25.1 Å². The molecular weight excluding hydrogens is 508 g/mol. The number of rotatable bonds is 7. The number of pyridine rings is 1. The molecule has 7 nitrogen and oxygen atoms in total. The topological polar surface area (TPSA) is 114 Å². The third-order valence-electron chi connectivity index (χ3n) is 5.82. The molecule has 2 aromatic rings. The maximum absolute atomic E-state index is 12.8. The Hall–Kier alpha value is -1.77. The number of hydrogen-bond donors (Lipinski definition) is 3. The van der Waals surface area contributed by atoms with Gasteiger partial charge in [0.2, 0.25) is 11.8 Å². The zero-order valence-electron chi connectivity index (χ0n) is 18.4. The number of aromatic nitrogens is 1. The number of aryl methyl sites for hydroxylation is 1. The summed E-state index contributed by atoms with van der Waals surface area (Å²) in [7, 11) is 0. The lowest BCUT2D eigenvalue weighted by molar-refractivity contribution is -0.129. The number of nitrogens with zero attached hydrogens (tertiary/aromatic N) is 2. The van der Waals surface area contributed by atoms with Gasteiger partial charge in [0, 0.05) is 28.8 Å². The first kappa shape index (κ1) is 29.3. The first-order valence-electron chi connectivity index (χ1n) is 10.1. The zero-order valence-corrected chi connectivity index (χ0v) is 21.5. The summed E-state index contributed by atoms with van der Waals surface area (Å²) in [4.78, 5) is 31.0. The van der Waals surface area contributed by atoms with E-state index in [-0.39, 0.29) is 36.6 Å². The molecule has 1 aliphatic rings. The Bertz CT molecular complexity index is 991. The van der Waals surface area contributed by atoms with Crippen LogP contribution in [0.4, 0.5) is 5.82 Å². The minimum atomic E-state index is -0.514. The van der Waals surface area contributed by atoms with Crippen LogP contribution in [0.1, 0.15) is 30.2 Å². The van der Waals surface area contributed by atoms with Crippen molar-refractivity contribution >= 4 is 65.6 Å². The van der Waals surface area contributed by atoms with Crippen LogP contribution < -0.4 is 16.8 Å². The van der Waals surface area contributed by atoms with E-state index in [0.29, 0.717) is 41.8 Å². The van der Waals surface area contributed by atoms with E-state index in [2.05, 4.69) is 10.3 Å². The number of hydrogen-bond acceptors (Lipinski definition) is 5. The van der Waals surface area contributed by atoms with E-state index >= 15 is 0 Å². The van der Waals surface area contributed by atoms with Crippen LogP contribution in [0.2, 0.25) is 10.0 Å². The molecule has 0 aliphatic carbocycles. The number of nitrogens with one attached hydrogen (secondary N) is 1. The van der Waals surface area contributed by atoms with E-state index in [4.69, 9.17) is 34.7 Å². The molecule has 0 bridgehead atoms. The van der Waals surface area contributed by atoms with Crippen molar-refractivity contribution < 1.29 is 9.59 Å². The molecule has 2 amide bonds. The van der Waals surface area contributed by atoms with Crippen molar-refractivity contribution in [3.63, 3.8) is 0 Å². The quantitative estimate of drug-likeness (QED) is 0.500. The molecule has 1 saturated heterocycles.